The van der Waals surface area contributed by atoms with Gasteiger partial charge >= 0.3 is 0 Å². The number of rotatable bonds is 6. The van der Waals surface area contributed by atoms with Crippen LogP contribution >= 0.6 is 0 Å². The fraction of sp³-hybridized carbons (Fsp3) is 0.250. The molecule has 1 heterocycles. The zero-order chi connectivity index (χ0) is 18.4. The molecule has 3 rings (SSSR count). The van der Waals surface area contributed by atoms with Crippen LogP contribution in [0, 0.1) is 0 Å². The topological polar surface area (TPSA) is 66.5 Å². The monoisotopic (exact) mass is 370 g/mol. The van der Waals surface area contributed by atoms with E-state index in [-0.39, 0.29) is 11.7 Å². The molecule has 0 bridgehead atoms. The molecule has 1 fully saturated rings. The number of benzene rings is 2. The summed E-state index contributed by atoms with van der Waals surface area (Å²) in [5.41, 5.74) is 3.15. The van der Waals surface area contributed by atoms with Crippen LogP contribution in [0.2, 0.25) is 0 Å². The molecule has 2 aromatic rings. The lowest BCUT2D eigenvalue weighted by Gasteiger charge is -2.13. The highest BCUT2D eigenvalue weighted by Gasteiger charge is 2.27. The molecule has 0 radical (unpaired) electrons. The molecule has 0 atom stereocenters. The molecule has 0 aromatic heterocycles. The summed E-state index contributed by atoms with van der Waals surface area (Å²) in [6, 6.07) is 18.0. The molecule has 0 saturated carbocycles. The Hall–Kier alpha value is -2.44. The minimum Gasteiger partial charge on any atom is -0.351 e. The summed E-state index contributed by atoms with van der Waals surface area (Å²) in [5, 5.41) is 2.73. The van der Waals surface area contributed by atoms with Gasteiger partial charge in [-0.15, -0.1) is 0 Å². The molecule has 1 N–H and O–H groups in total. The van der Waals surface area contributed by atoms with E-state index in [0.29, 0.717) is 26.1 Å². The summed E-state index contributed by atoms with van der Waals surface area (Å²) in [6.45, 7) is 1.18. The number of nitrogens with one attached hydrogen (secondary N) is 1. The van der Waals surface area contributed by atoms with E-state index in [1.807, 2.05) is 54.6 Å². The summed E-state index contributed by atoms with van der Waals surface area (Å²) in [5.74, 6) is -0.0230. The number of amides is 1. The molecule has 1 saturated heterocycles. The van der Waals surface area contributed by atoms with E-state index in [2.05, 4.69) is 5.32 Å². The summed E-state index contributed by atoms with van der Waals surface area (Å²) >= 11 is 0. The maximum absolute atomic E-state index is 11.9. The van der Waals surface area contributed by atoms with Gasteiger partial charge in [0.15, 0.2) is 0 Å². The minimum absolute atomic E-state index is 0.207. The predicted molar refractivity (Wildman–Crippen MR) is 104 cm³/mol. The van der Waals surface area contributed by atoms with Crippen LogP contribution in [0.15, 0.2) is 60.7 Å². The van der Waals surface area contributed by atoms with Gasteiger partial charge in [-0.25, -0.2) is 12.7 Å². The Morgan fingerprint density at radius 2 is 1.85 bits per heavy atom. The third-order valence-electron chi connectivity index (χ3n) is 4.28. The molecule has 0 spiro atoms. The lowest BCUT2D eigenvalue weighted by Crippen LogP contribution is -2.35. The second-order valence-electron chi connectivity index (χ2n) is 6.18. The summed E-state index contributed by atoms with van der Waals surface area (Å²) in [6.07, 6.45) is 3.89. The quantitative estimate of drug-likeness (QED) is 0.795. The van der Waals surface area contributed by atoms with Crippen LogP contribution in [0.5, 0.6) is 0 Å². The molecule has 0 aliphatic carbocycles. The molecule has 6 heteroatoms. The Morgan fingerprint density at radius 1 is 1.08 bits per heavy atom. The Labute approximate surface area is 154 Å². The first kappa shape index (κ1) is 18.4. The van der Waals surface area contributed by atoms with Gasteiger partial charge in [0.2, 0.25) is 15.9 Å². The van der Waals surface area contributed by atoms with Gasteiger partial charge in [-0.3, -0.25) is 4.79 Å². The summed E-state index contributed by atoms with van der Waals surface area (Å²) in [4.78, 5) is 11.9. The normalized spacial score (nSPS) is 16.8. The fourth-order valence-corrected chi connectivity index (χ4v) is 4.46. The van der Waals surface area contributed by atoms with Crippen LogP contribution in [0.25, 0.3) is 17.2 Å². The maximum atomic E-state index is 11.9. The molecule has 1 aliphatic rings. The number of hydrogen-bond acceptors (Lipinski definition) is 3. The maximum Gasteiger partial charge on any atom is 0.244 e. The van der Waals surface area contributed by atoms with Crippen molar-refractivity contribution in [1.29, 1.82) is 0 Å². The van der Waals surface area contributed by atoms with Gasteiger partial charge in [-0.05, 0) is 35.3 Å². The molecule has 2 aromatic carbocycles. The fourth-order valence-electron chi connectivity index (χ4n) is 2.93. The Morgan fingerprint density at radius 3 is 2.58 bits per heavy atom. The molecule has 0 unspecified atom stereocenters. The van der Waals surface area contributed by atoms with Gasteiger partial charge in [0.1, 0.15) is 0 Å². The zero-order valence-electron chi connectivity index (χ0n) is 14.5. The molecule has 136 valence electrons. The van der Waals surface area contributed by atoms with Crippen molar-refractivity contribution in [3.8, 4) is 11.1 Å². The van der Waals surface area contributed by atoms with Crippen molar-refractivity contribution < 1.29 is 13.2 Å². The first-order valence-electron chi connectivity index (χ1n) is 8.64. The minimum atomic E-state index is -3.11. The summed E-state index contributed by atoms with van der Waals surface area (Å²) in [7, 11) is -3.11. The van der Waals surface area contributed by atoms with Crippen molar-refractivity contribution in [2.75, 3.05) is 25.4 Å². The van der Waals surface area contributed by atoms with Gasteiger partial charge in [-0.2, -0.15) is 0 Å². The van der Waals surface area contributed by atoms with E-state index in [1.165, 1.54) is 10.4 Å². The van der Waals surface area contributed by atoms with Gasteiger partial charge in [0, 0.05) is 25.7 Å². The van der Waals surface area contributed by atoms with Crippen molar-refractivity contribution in [1.82, 2.24) is 9.62 Å². The Bertz CT molecular complexity index is 892. The van der Waals surface area contributed by atoms with Crippen molar-refractivity contribution in [2.24, 2.45) is 0 Å². The van der Waals surface area contributed by atoms with E-state index < -0.39 is 10.0 Å². The third-order valence-corrected chi connectivity index (χ3v) is 6.24. The molecule has 5 nitrogen and oxygen atoms in total. The molecular formula is C20H22N2O3S. The number of carbonyl (C=O) groups excluding carboxylic acids is 1. The van der Waals surface area contributed by atoms with Crippen LogP contribution in [0.3, 0.4) is 0 Å². The van der Waals surface area contributed by atoms with E-state index in [0.717, 1.165) is 16.7 Å². The smallest absolute Gasteiger partial charge is 0.244 e. The van der Waals surface area contributed by atoms with Crippen LogP contribution in [0.1, 0.15) is 12.0 Å². The average Bonchev–Trinajstić information content (AvgIpc) is 2.99. The Balaban J connectivity index is 1.54. The number of nitrogens with zero attached hydrogens (tertiary/aromatic N) is 1. The van der Waals surface area contributed by atoms with Crippen LogP contribution < -0.4 is 5.32 Å². The second kappa shape index (κ2) is 8.29. The first-order chi connectivity index (χ1) is 12.5. The van der Waals surface area contributed by atoms with Gasteiger partial charge in [0.05, 0.1) is 5.75 Å². The third kappa shape index (κ3) is 4.80. The lowest BCUT2D eigenvalue weighted by atomic mass is 10.0. The number of hydrogen-bond donors (Lipinski definition) is 1. The van der Waals surface area contributed by atoms with Crippen LogP contribution in [-0.4, -0.2) is 44.0 Å². The molecule has 1 amide bonds. The molecule has 1 aliphatic heterocycles. The van der Waals surface area contributed by atoms with Crippen molar-refractivity contribution in [3.05, 3.63) is 66.2 Å². The van der Waals surface area contributed by atoms with E-state index in [9.17, 15) is 13.2 Å². The van der Waals surface area contributed by atoms with Crippen molar-refractivity contribution >= 4 is 22.0 Å². The first-order valence-corrected chi connectivity index (χ1v) is 10.2. The van der Waals surface area contributed by atoms with E-state index in [4.69, 9.17) is 0 Å². The average molecular weight is 370 g/mol. The van der Waals surface area contributed by atoms with Crippen LogP contribution in [0.4, 0.5) is 0 Å². The van der Waals surface area contributed by atoms with Gasteiger partial charge in [0.25, 0.3) is 0 Å². The van der Waals surface area contributed by atoms with Gasteiger partial charge in [-0.1, -0.05) is 48.5 Å². The number of sulfonamides is 1. The molecule has 26 heavy (non-hydrogen) atoms. The van der Waals surface area contributed by atoms with Crippen LogP contribution in [-0.2, 0) is 14.8 Å². The highest BCUT2D eigenvalue weighted by Crippen LogP contribution is 2.20. The highest BCUT2D eigenvalue weighted by molar-refractivity contribution is 7.89. The SMILES string of the molecule is O=C(/C=C/c1cccc(-c2ccccc2)c1)NCCN1CCCS1(=O)=O. The Kier molecular flexibility index (Phi) is 5.85. The van der Waals surface area contributed by atoms with E-state index >= 15 is 0 Å². The number of carbonyl (C=O) groups is 1. The van der Waals surface area contributed by atoms with Crippen molar-refractivity contribution in [3.63, 3.8) is 0 Å². The predicted octanol–water partition coefficient (Wildman–Crippen LogP) is 2.52. The van der Waals surface area contributed by atoms with Crippen molar-refractivity contribution in [2.45, 2.75) is 6.42 Å². The summed E-state index contributed by atoms with van der Waals surface area (Å²) < 4.78 is 24.8. The highest BCUT2D eigenvalue weighted by atomic mass is 32.2. The van der Waals surface area contributed by atoms with Gasteiger partial charge < -0.3 is 5.32 Å². The molecular weight excluding hydrogens is 348 g/mol. The second-order valence-corrected chi connectivity index (χ2v) is 8.27. The standard InChI is InChI=1S/C20H22N2O3S/c23-20(21-12-14-22-13-5-15-26(22,24)25)11-10-17-6-4-9-19(16-17)18-7-2-1-3-8-18/h1-4,6-11,16H,5,12-15H2,(H,21,23)/b11-10+. The zero-order valence-corrected chi connectivity index (χ0v) is 15.3. The van der Waals surface area contributed by atoms with E-state index in [1.54, 1.807) is 6.08 Å². The largest absolute Gasteiger partial charge is 0.351 e. The lowest BCUT2D eigenvalue weighted by molar-refractivity contribution is -0.116.